The van der Waals surface area contributed by atoms with E-state index in [4.69, 9.17) is 9.84 Å². The van der Waals surface area contributed by atoms with Gasteiger partial charge in [0, 0.05) is 38.0 Å². The Morgan fingerprint density at radius 1 is 1.57 bits per heavy atom. The average Bonchev–Trinajstić information content (AvgIpc) is 2.95. The van der Waals surface area contributed by atoms with E-state index >= 15 is 0 Å². The lowest BCUT2D eigenvalue weighted by Crippen LogP contribution is -2.24. The number of likely N-dealkylation sites (tertiary alicyclic amines) is 1. The first-order valence-corrected chi connectivity index (χ1v) is 6.75. The molecular weight excluding hydrogens is 274 g/mol. The highest BCUT2D eigenvalue weighted by Crippen LogP contribution is 2.24. The Morgan fingerprint density at radius 3 is 2.90 bits per heavy atom. The van der Waals surface area contributed by atoms with E-state index < -0.39 is 5.97 Å². The van der Waals surface area contributed by atoms with Crippen molar-refractivity contribution in [2.45, 2.75) is 13.0 Å². The number of carbonyl (C=O) groups is 2. The summed E-state index contributed by atoms with van der Waals surface area (Å²) in [4.78, 5) is 28.7. The van der Waals surface area contributed by atoms with Gasteiger partial charge in [-0.15, -0.1) is 0 Å². The molecule has 114 valence electrons. The number of amides is 1. The first-order valence-electron chi connectivity index (χ1n) is 6.75. The highest BCUT2D eigenvalue weighted by Gasteiger charge is 2.28. The molecule has 1 amide bonds. The van der Waals surface area contributed by atoms with Gasteiger partial charge in [0.2, 0.25) is 0 Å². The van der Waals surface area contributed by atoms with Crippen LogP contribution < -0.4 is 10.1 Å². The van der Waals surface area contributed by atoms with Gasteiger partial charge in [0.25, 0.3) is 5.91 Å². The molecule has 1 saturated heterocycles. The number of carboxylic acids is 1. The maximum atomic E-state index is 11.6. The molecule has 21 heavy (non-hydrogen) atoms. The Kier molecular flexibility index (Phi) is 4.74. The van der Waals surface area contributed by atoms with Crippen LogP contribution in [0.5, 0.6) is 5.75 Å². The van der Waals surface area contributed by atoms with Gasteiger partial charge in [0.15, 0.2) is 0 Å². The minimum atomic E-state index is -0.752. The fraction of sp³-hybridized carbons (Fsp3) is 0.500. The van der Waals surface area contributed by atoms with Gasteiger partial charge >= 0.3 is 5.97 Å². The van der Waals surface area contributed by atoms with Gasteiger partial charge in [0.05, 0.1) is 13.0 Å². The van der Waals surface area contributed by atoms with Crippen molar-refractivity contribution in [3.05, 3.63) is 23.5 Å². The van der Waals surface area contributed by atoms with Crippen LogP contribution >= 0.6 is 0 Å². The number of pyridine rings is 1. The van der Waals surface area contributed by atoms with Gasteiger partial charge in [-0.25, -0.2) is 0 Å². The Hall–Kier alpha value is -2.15. The molecule has 0 radical (unpaired) electrons. The lowest BCUT2D eigenvalue weighted by Gasteiger charge is -2.17. The number of nitrogens with zero attached hydrogens (tertiary/aromatic N) is 2. The Balaban J connectivity index is 2.10. The number of aromatic nitrogens is 1. The van der Waals surface area contributed by atoms with Crippen LogP contribution in [0.25, 0.3) is 0 Å². The maximum Gasteiger partial charge on any atom is 0.307 e. The Labute approximate surface area is 122 Å². The summed E-state index contributed by atoms with van der Waals surface area (Å²) in [5, 5.41) is 11.5. The molecule has 7 heteroatoms. The SMILES string of the molecule is CNC(=O)c1cc(OC)c(CN2CCC(C(=O)O)C2)cn1. The minimum Gasteiger partial charge on any atom is -0.496 e. The van der Waals surface area contributed by atoms with Crippen molar-refractivity contribution in [1.82, 2.24) is 15.2 Å². The molecule has 2 N–H and O–H groups in total. The molecule has 0 saturated carbocycles. The summed E-state index contributed by atoms with van der Waals surface area (Å²) in [5.74, 6) is -0.749. The van der Waals surface area contributed by atoms with E-state index in [-0.39, 0.29) is 11.8 Å². The van der Waals surface area contributed by atoms with E-state index in [9.17, 15) is 9.59 Å². The van der Waals surface area contributed by atoms with Crippen LogP contribution in [-0.2, 0) is 11.3 Å². The molecule has 1 atom stereocenters. The molecule has 0 spiro atoms. The topological polar surface area (TPSA) is 91.8 Å². The van der Waals surface area contributed by atoms with Gasteiger partial charge in [-0.1, -0.05) is 0 Å². The third kappa shape index (κ3) is 3.49. The lowest BCUT2D eigenvalue weighted by molar-refractivity contribution is -0.141. The molecule has 2 rings (SSSR count). The van der Waals surface area contributed by atoms with Crippen LogP contribution in [0.15, 0.2) is 12.3 Å². The molecule has 1 unspecified atom stereocenters. The summed E-state index contributed by atoms with van der Waals surface area (Å²) >= 11 is 0. The van der Waals surface area contributed by atoms with Gasteiger partial charge in [-0.2, -0.15) is 0 Å². The van der Waals surface area contributed by atoms with E-state index in [1.807, 2.05) is 0 Å². The van der Waals surface area contributed by atoms with E-state index in [0.717, 1.165) is 12.1 Å². The normalized spacial score (nSPS) is 18.5. The van der Waals surface area contributed by atoms with Crippen molar-refractivity contribution in [3.63, 3.8) is 0 Å². The number of carbonyl (C=O) groups excluding carboxylic acids is 1. The lowest BCUT2D eigenvalue weighted by atomic mass is 10.1. The molecule has 0 aliphatic carbocycles. The van der Waals surface area contributed by atoms with E-state index in [0.29, 0.717) is 31.0 Å². The quantitative estimate of drug-likeness (QED) is 0.814. The fourth-order valence-electron chi connectivity index (χ4n) is 2.44. The van der Waals surface area contributed by atoms with Crippen molar-refractivity contribution >= 4 is 11.9 Å². The first kappa shape index (κ1) is 15.2. The second-order valence-corrected chi connectivity index (χ2v) is 5.02. The van der Waals surface area contributed by atoms with Gasteiger partial charge in [0.1, 0.15) is 11.4 Å². The molecule has 1 aromatic heterocycles. The molecule has 0 aromatic carbocycles. The van der Waals surface area contributed by atoms with Crippen molar-refractivity contribution in [1.29, 1.82) is 0 Å². The average molecular weight is 293 g/mol. The zero-order valence-electron chi connectivity index (χ0n) is 12.1. The molecule has 1 aliphatic heterocycles. The van der Waals surface area contributed by atoms with Crippen LogP contribution in [0.3, 0.4) is 0 Å². The van der Waals surface area contributed by atoms with E-state index in [1.165, 1.54) is 7.11 Å². The third-order valence-corrected chi connectivity index (χ3v) is 3.64. The summed E-state index contributed by atoms with van der Waals surface area (Å²) in [6.45, 7) is 1.82. The summed E-state index contributed by atoms with van der Waals surface area (Å²) in [7, 11) is 3.08. The van der Waals surface area contributed by atoms with Crippen LogP contribution in [0.4, 0.5) is 0 Å². The molecular formula is C14H19N3O4. The van der Waals surface area contributed by atoms with Crippen molar-refractivity contribution in [3.8, 4) is 5.75 Å². The van der Waals surface area contributed by atoms with Crippen molar-refractivity contribution in [2.75, 3.05) is 27.2 Å². The van der Waals surface area contributed by atoms with Crippen LogP contribution in [0, 0.1) is 5.92 Å². The number of rotatable bonds is 5. The minimum absolute atomic E-state index is 0.271. The zero-order chi connectivity index (χ0) is 15.4. The Morgan fingerprint density at radius 2 is 2.33 bits per heavy atom. The maximum absolute atomic E-state index is 11.6. The first-order chi connectivity index (χ1) is 10.0. The zero-order valence-corrected chi connectivity index (χ0v) is 12.1. The molecule has 1 aliphatic rings. The van der Waals surface area contributed by atoms with E-state index in [2.05, 4.69) is 15.2 Å². The monoisotopic (exact) mass is 293 g/mol. The number of ether oxygens (including phenoxy) is 1. The summed E-state index contributed by atoms with van der Waals surface area (Å²) in [6, 6.07) is 1.60. The van der Waals surface area contributed by atoms with Crippen LogP contribution in [0.2, 0.25) is 0 Å². The predicted octanol–water partition coefficient (Wildman–Crippen LogP) is 0.356. The number of aliphatic carboxylic acids is 1. The molecule has 1 aromatic rings. The summed E-state index contributed by atoms with van der Waals surface area (Å²) < 4.78 is 5.30. The Bertz CT molecular complexity index is 547. The number of methoxy groups -OCH3 is 1. The van der Waals surface area contributed by atoms with Crippen molar-refractivity contribution in [2.24, 2.45) is 5.92 Å². The summed E-state index contributed by atoms with van der Waals surface area (Å²) in [5.41, 5.74) is 1.14. The number of hydrogen-bond acceptors (Lipinski definition) is 5. The van der Waals surface area contributed by atoms with Gasteiger partial charge in [-0.3, -0.25) is 19.5 Å². The molecule has 1 fully saturated rings. The van der Waals surface area contributed by atoms with Crippen LogP contribution in [-0.4, -0.2) is 54.1 Å². The number of hydrogen-bond donors (Lipinski definition) is 2. The third-order valence-electron chi connectivity index (χ3n) is 3.64. The molecule has 0 bridgehead atoms. The standard InChI is InChI=1S/C14H19N3O4/c1-15-13(18)11-5-12(21-2)10(6-16-11)8-17-4-3-9(7-17)14(19)20/h5-6,9H,3-4,7-8H2,1-2H3,(H,15,18)(H,19,20). The summed E-state index contributed by atoms with van der Waals surface area (Å²) in [6.07, 6.45) is 2.26. The largest absolute Gasteiger partial charge is 0.496 e. The van der Waals surface area contributed by atoms with Crippen LogP contribution in [0.1, 0.15) is 22.5 Å². The second kappa shape index (κ2) is 6.53. The predicted molar refractivity (Wildman–Crippen MR) is 75.2 cm³/mol. The molecule has 7 nitrogen and oxygen atoms in total. The van der Waals surface area contributed by atoms with Gasteiger partial charge < -0.3 is 15.2 Å². The second-order valence-electron chi connectivity index (χ2n) is 5.02. The molecule has 2 heterocycles. The number of nitrogens with one attached hydrogen (secondary N) is 1. The smallest absolute Gasteiger partial charge is 0.307 e. The highest BCUT2D eigenvalue weighted by molar-refractivity contribution is 5.92. The number of carboxylic acid groups (broad SMARTS) is 1. The fourth-order valence-corrected chi connectivity index (χ4v) is 2.44. The van der Waals surface area contributed by atoms with Crippen molar-refractivity contribution < 1.29 is 19.4 Å². The van der Waals surface area contributed by atoms with E-state index in [1.54, 1.807) is 19.3 Å². The highest BCUT2D eigenvalue weighted by atomic mass is 16.5. The van der Waals surface area contributed by atoms with Gasteiger partial charge in [-0.05, 0) is 13.0 Å².